The zero-order valence-electron chi connectivity index (χ0n) is 14.5. The van der Waals surface area contributed by atoms with Crippen LogP contribution in [0.2, 0.25) is 0 Å². The van der Waals surface area contributed by atoms with Gasteiger partial charge in [0.1, 0.15) is 0 Å². The summed E-state index contributed by atoms with van der Waals surface area (Å²) in [5.74, 6) is 1.43. The van der Waals surface area contributed by atoms with E-state index in [1.54, 1.807) is 22.9 Å². The SMILES string of the molecule is Cc1ncn2c1Cn1nc(Cn3ccccc3=O)nc1-c1cc(I)ccc1-2. The molecule has 134 valence electrons. The number of nitrogens with zero attached hydrogens (tertiary/aromatic N) is 6. The second kappa shape index (κ2) is 6.15. The van der Waals surface area contributed by atoms with Crippen LogP contribution < -0.4 is 5.56 Å². The molecular weight excluding hydrogens is 455 g/mol. The fourth-order valence-electron chi connectivity index (χ4n) is 3.41. The van der Waals surface area contributed by atoms with Gasteiger partial charge in [0.2, 0.25) is 0 Å². The Hall–Kier alpha value is -2.75. The van der Waals surface area contributed by atoms with Crippen molar-refractivity contribution in [1.82, 2.24) is 28.9 Å². The topological polar surface area (TPSA) is 70.5 Å². The first kappa shape index (κ1) is 16.4. The molecule has 3 aromatic heterocycles. The van der Waals surface area contributed by atoms with Gasteiger partial charge in [0.15, 0.2) is 11.6 Å². The number of aryl methyl sites for hydroxylation is 1. The molecule has 1 aliphatic rings. The van der Waals surface area contributed by atoms with Crippen LogP contribution in [0.4, 0.5) is 0 Å². The monoisotopic (exact) mass is 470 g/mol. The van der Waals surface area contributed by atoms with Crippen LogP contribution in [0.3, 0.4) is 0 Å². The standard InChI is InChI=1S/C19H15IN6O/c1-12-16-9-26-19(14-8-13(20)5-6-15(14)25(16)11-21-12)22-17(23-26)10-24-7-3-2-4-18(24)27/h2-8,11H,9-10H2,1H3. The molecule has 0 fully saturated rings. The first-order chi connectivity index (χ1) is 13.1. The van der Waals surface area contributed by atoms with Crippen LogP contribution in [0.25, 0.3) is 17.1 Å². The van der Waals surface area contributed by atoms with E-state index in [2.05, 4.69) is 50.3 Å². The quantitative estimate of drug-likeness (QED) is 0.372. The Morgan fingerprint density at radius 2 is 2.11 bits per heavy atom. The summed E-state index contributed by atoms with van der Waals surface area (Å²) in [5, 5.41) is 4.70. The van der Waals surface area contributed by atoms with E-state index >= 15 is 0 Å². The fourth-order valence-corrected chi connectivity index (χ4v) is 3.90. The minimum atomic E-state index is -0.0636. The first-order valence-electron chi connectivity index (χ1n) is 8.52. The Morgan fingerprint density at radius 1 is 1.22 bits per heavy atom. The van der Waals surface area contributed by atoms with Crippen LogP contribution in [-0.4, -0.2) is 28.9 Å². The minimum absolute atomic E-state index is 0.0636. The molecule has 4 aromatic rings. The first-order valence-corrected chi connectivity index (χ1v) is 9.60. The molecule has 0 unspecified atom stereocenters. The molecule has 0 atom stereocenters. The highest BCUT2D eigenvalue weighted by Crippen LogP contribution is 2.32. The summed E-state index contributed by atoms with van der Waals surface area (Å²) < 4.78 is 6.76. The number of pyridine rings is 1. The number of rotatable bonds is 2. The van der Waals surface area contributed by atoms with Crippen molar-refractivity contribution in [2.45, 2.75) is 20.0 Å². The van der Waals surface area contributed by atoms with E-state index < -0.39 is 0 Å². The Morgan fingerprint density at radius 3 is 2.96 bits per heavy atom. The van der Waals surface area contributed by atoms with Gasteiger partial charge in [-0.05, 0) is 53.8 Å². The van der Waals surface area contributed by atoms with Gasteiger partial charge in [0, 0.05) is 21.4 Å². The molecule has 1 aliphatic heterocycles. The number of fused-ring (bicyclic) bond motifs is 5. The van der Waals surface area contributed by atoms with Crippen LogP contribution in [0.1, 0.15) is 17.2 Å². The van der Waals surface area contributed by atoms with Crippen LogP contribution in [0.5, 0.6) is 0 Å². The van der Waals surface area contributed by atoms with Gasteiger partial charge in [0.25, 0.3) is 5.56 Å². The zero-order valence-corrected chi connectivity index (χ0v) is 16.7. The summed E-state index contributed by atoms with van der Waals surface area (Å²) in [7, 11) is 0. The molecule has 7 nitrogen and oxygen atoms in total. The average molecular weight is 470 g/mol. The van der Waals surface area contributed by atoms with Gasteiger partial charge in [-0.3, -0.25) is 4.79 Å². The number of imidazole rings is 1. The summed E-state index contributed by atoms with van der Waals surface area (Å²) in [4.78, 5) is 21.3. The molecule has 0 N–H and O–H groups in total. The second-order valence-electron chi connectivity index (χ2n) is 6.48. The Bertz CT molecular complexity index is 1240. The lowest BCUT2D eigenvalue weighted by Gasteiger charge is -2.09. The number of hydrogen-bond donors (Lipinski definition) is 0. The molecule has 0 saturated heterocycles. The highest BCUT2D eigenvalue weighted by Gasteiger charge is 2.24. The number of benzene rings is 1. The molecular formula is C19H15IN6O. The fraction of sp³-hybridized carbons (Fsp3) is 0.158. The third-order valence-corrected chi connectivity index (χ3v) is 5.43. The largest absolute Gasteiger partial charge is 0.308 e. The van der Waals surface area contributed by atoms with E-state index in [9.17, 15) is 4.79 Å². The molecule has 27 heavy (non-hydrogen) atoms. The van der Waals surface area contributed by atoms with Crippen molar-refractivity contribution < 1.29 is 0 Å². The van der Waals surface area contributed by atoms with E-state index in [0.29, 0.717) is 18.9 Å². The highest BCUT2D eigenvalue weighted by molar-refractivity contribution is 14.1. The van der Waals surface area contributed by atoms with Gasteiger partial charge < -0.3 is 9.13 Å². The second-order valence-corrected chi connectivity index (χ2v) is 7.73. The molecule has 0 spiro atoms. The third kappa shape index (κ3) is 2.71. The van der Waals surface area contributed by atoms with Crippen LogP contribution in [-0.2, 0) is 13.1 Å². The lowest BCUT2D eigenvalue weighted by molar-refractivity contribution is 0.642. The van der Waals surface area contributed by atoms with Gasteiger partial charge >= 0.3 is 0 Å². The zero-order chi connectivity index (χ0) is 18.5. The van der Waals surface area contributed by atoms with Gasteiger partial charge in [-0.1, -0.05) is 6.07 Å². The van der Waals surface area contributed by atoms with Gasteiger partial charge in [0.05, 0.1) is 36.5 Å². The summed E-state index contributed by atoms with van der Waals surface area (Å²) in [6.07, 6.45) is 3.61. The van der Waals surface area contributed by atoms with Crippen LogP contribution in [0, 0.1) is 10.5 Å². The molecule has 5 rings (SSSR count). The normalized spacial score (nSPS) is 12.2. The maximum Gasteiger partial charge on any atom is 0.250 e. The van der Waals surface area contributed by atoms with Gasteiger partial charge in [-0.25, -0.2) is 14.6 Å². The lowest BCUT2D eigenvalue weighted by Crippen LogP contribution is -2.19. The molecule has 8 heteroatoms. The molecule has 0 bridgehead atoms. The number of hydrogen-bond acceptors (Lipinski definition) is 4. The number of aromatic nitrogens is 6. The molecule has 0 amide bonds. The van der Waals surface area contributed by atoms with Crippen molar-refractivity contribution >= 4 is 22.6 Å². The van der Waals surface area contributed by atoms with Crippen molar-refractivity contribution in [2.24, 2.45) is 0 Å². The molecule has 1 aromatic carbocycles. The third-order valence-electron chi connectivity index (χ3n) is 4.76. The van der Waals surface area contributed by atoms with E-state index in [0.717, 1.165) is 32.0 Å². The summed E-state index contributed by atoms with van der Waals surface area (Å²) in [6, 6.07) is 11.4. The maximum atomic E-state index is 12.0. The van der Waals surface area contributed by atoms with E-state index in [1.807, 2.05) is 24.0 Å². The van der Waals surface area contributed by atoms with Gasteiger partial charge in [-0.15, -0.1) is 0 Å². The average Bonchev–Trinajstić information content (AvgIpc) is 3.18. The van der Waals surface area contributed by atoms with Crippen LogP contribution in [0.15, 0.2) is 53.7 Å². The molecule has 4 heterocycles. The van der Waals surface area contributed by atoms with Gasteiger partial charge in [-0.2, -0.15) is 5.10 Å². The Balaban J connectivity index is 1.68. The highest BCUT2D eigenvalue weighted by atomic mass is 127. The predicted molar refractivity (Wildman–Crippen MR) is 109 cm³/mol. The smallest absolute Gasteiger partial charge is 0.250 e. The summed E-state index contributed by atoms with van der Waals surface area (Å²) in [6.45, 7) is 2.94. The predicted octanol–water partition coefficient (Wildman–Crippen LogP) is 2.62. The van der Waals surface area contributed by atoms with Crippen molar-refractivity contribution in [3.8, 4) is 17.1 Å². The van der Waals surface area contributed by atoms with Crippen molar-refractivity contribution in [1.29, 1.82) is 0 Å². The number of halogens is 1. The minimum Gasteiger partial charge on any atom is -0.308 e. The van der Waals surface area contributed by atoms with E-state index in [4.69, 9.17) is 10.1 Å². The molecule has 0 saturated carbocycles. The van der Waals surface area contributed by atoms with Crippen molar-refractivity contribution in [2.75, 3.05) is 0 Å². The van der Waals surface area contributed by atoms with Crippen LogP contribution >= 0.6 is 22.6 Å². The molecule has 0 radical (unpaired) electrons. The van der Waals surface area contributed by atoms with E-state index in [-0.39, 0.29) is 5.56 Å². The molecule has 0 aliphatic carbocycles. The Labute approximate surface area is 168 Å². The summed E-state index contributed by atoms with van der Waals surface area (Å²) >= 11 is 2.30. The lowest BCUT2D eigenvalue weighted by atomic mass is 10.1. The maximum absolute atomic E-state index is 12.0. The van der Waals surface area contributed by atoms with Crippen molar-refractivity contribution in [3.63, 3.8) is 0 Å². The van der Waals surface area contributed by atoms with E-state index in [1.165, 1.54) is 0 Å². The Kier molecular flexibility index (Phi) is 3.74. The summed E-state index contributed by atoms with van der Waals surface area (Å²) in [5.41, 5.74) is 4.05. The van der Waals surface area contributed by atoms with Crippen molar-refractivity contribution in [3.05, 3.63) is 80.1 Å².